The highest BCUT2D eigenvalue weighted by Crippen LogP contribution is 2.36. The van der Waals surface area contributed by atoms with Crippen LogP contribution < -0.4 is 20.0 Å². The number of hydrazone groups is 1. The molecule has 0 saturated carbocycles. The van der Waals surface area contributed by atoms with Crippen LogP contribution in [0.2, 0.25) is 0 Å². The molecule has 0 atom stereocenters. The highest BCUT2D eigenvalue weighted by molar-refractivity contribution is 9.10. The molecule has 0 saturated heterocycles. The molecule has 7 nitrogen and oxygen atoms in total. The minimum absolute atomic E-state index is 0.0393. The Morgan fingerprint density at radius 2 is 1.96 bits per heavy atom. The molecule has 0 aliphatic rings. The Kier molecular flexibility index (Phi) is 7.40. The monoisotopic (exact) mass is 453 g/mol. The van der Waals surface area contributed by atoms with E-state index in [-0.39, 0.29) is 4.90 Å². The van der Waals surface area contributed by atoms with E-state index in [1.54, 1.807) is 24.4 Å². The molecule has 0 radical (unpaired) electrons. The zero-order chi connectivity index (χ0) is 19.9. The Morgan fingerprint density at radius 1 is 1.26 bits per heavy atom. The Bertz CT molecular complexity index is 928. The van der Waals surface area contributed by atoms with Gasteiger partial charge in [-0.25, -0.2) is 13.6 Å². The Labute approximate surface area is 167 Å². The van der Waals surface area contributed by atoms with Crippen LogP contribution in [0.5, 0.6) is 11.5 Å². The fraction of sp³-hybridized carbons (Fsp3) is 0.167. The molecule has 0 aliphatic carbocycles. The summed E-state index contributed by atoms with van der Waals surface area (Å²) in [6.07, 6.45) is 3.26. The van der Waals surface area contributed by atoms with Crippen LogP contribution >= 0.6 is 15.9 Å². The van der Waals surface area contributed by atoms with E-state index in [1.807, 2.05) is 19.1 Å². The maximum absolute atomic E-state index is 11.2. The summed E-state index contributed by atoms with van der Waals surface area (Å²) in [6, 6.07) is 9.61. The highest BCUT2D eigenvalue weighted by atomic mass is 79.9. The van der Waals surface area contributed by atoms with Gasteiger partial charge >= 0.3 is 0 Å². The summed E-state index contributed by atoms with van der Waals surface area (Å²) in [5.41, 5.74) is 4.23. The third-order valence-electron chi connectivity index (χ3n) is 3.27. The van der Waals surface area contributed by atoms with Crippen molar-refractivity contribution in [2.75, 3.05) is 18.6 Å². The van der Waals surface area contributed by atoms with E-state index in [9.17, 15) is 8.42 Å². The van der Waals surface area contributed by atoms with Gasteiger partial charge in [0, 0.05) is 0 Å². The summed E-state index contributed by atoms with van der Waals surface area (Å²) < 4.78 is 34.5. The SMILES string of the molecule is C=CCOc1c(Br)cc(C=NNc2ccc(S(N)(=O)=O)cc2)cc1OCC. The molecule has 0 spiro atoms. The molecule has 144 valence electrons. The molecule has 27 heavy (non-hydrogen) atoms. The predicted molar refractivity (Wildman–Crippen MR) is 110 cm³/mol. The lowest BCUT2D eigenvalue weighted by Crippen LogP contribution is -2.11. The number of halogens is 1. The summed E-state index contributed by atoms with van der Waals surface area (Å²) >= 11 is 3.47. The van der Waals surface area contributed by atoms with Crippen LogP contribution in [0.3, 0.4) is 0 Å². The van der Waals surface area contributed by atoms with Crippen molar-refractivity contribution in [3.8, 4) is 11.5 Å². The summed E-state index contributed by atoms with van der Waals surface area (Å²) in [6.45, 7) is 6.38. The van der Waals surface area contributed by atoms with Crippen molar-refractivity contribution in [2.45, 2.75) is 11.8 Å². The van der Waals surface area contributed by atoms with E-state index in [4.69, 9.17) is 14.6 Å². The average Bonchev–Trinajstić information content (AvgIpc) is 2.61. The molecule has 2 aromatic carbocycles. The van der Waals surface area contributed by atoms with E-state index in [0.29, 0.717) is 30.4 Å². The molecule has 0 amide bonds. The second kappa shape index (κ2) is 9.54. The van der Waals surface area contributed by atoms with Crippen molar-refractivity contribution in [2.24, 2.45) is 10.2 Å². The highest BCUT2D eigenvalue weighted by Gasteiger charge is 2.11. The number of benzene rings is 2. The first kappa shape index (κ1) is 20.9. The van der Waals surface area contributed by atoms with E-state index in [2.05, 4.69) is 33.0 Å². The number of sulfonamides is 1. The maximum atomic E-state index is 11.2. The third-order valence-corrected chi connectivity index (χ3v) is 4.79. The molecule has 0 fully saturated rings. The molecule has 0 unspecified atom stereocenters. The molecule has 3 N–H and O–H groups in total. The van der Waals surface area contributed by atoms with Crippen LogP contribution in [0.15, 0.2) is 63.5 Å². The van der Waals surface area contributed by atoms with Crippen LogP contribution in [0, 0.1) is 0 Å². The predicted octanol–water partition coefficient (Wildman–Crippen LogP) is 3.51. The maximum Gasteiger partial charge on any atom is 0.238 e. The van der Waals surface area contributed by atoms with Gasteiger partial charge in [0.2, 0.25) is 10.0 Å². The van der Waals surface area contributed by atoms with Crippen LogP contribution in [-0.2, 0) is 10.0 Å². The van der Waals surface area contributed by atoms with Crippen molar-refractivity contribution in [3.63, 3.8) is 0 Å². The lowest BCUT2D eigenvalue weighted by Gasteiger charge is -2.13. The summed E-state index contributed by atoms with van der Waals surface area (Å²) in [5.74, 6) is 1.19. The normalized spacial score (nSPS) is 11.4. The zero-order valence-corrected chi connectivity index (χ0v) is 17.1. The van der Waals surface area contributed by atoms with Gasteiger partial charge in [-0.1, -0.05) is 12.7 Å². The van der Waals surface area contributed by atoms with Gasteiger partial charge in [0.1, 0.15) is 6.61 Å². The van der Waals surface area contributed by atoms with Crippen molar-refractivity contribution in [1.29, 1.82) is 0 Å². The molecule has 2 rings (SSSR count). The van der Waals surface area contributed by atoms with Gasteiger partial charge in [-0.3, -0.25) is 5.43 Å². The van der Waals surface area contributed by atoms with E-state index >= 15 is 0 Å². The molecule has 2 aromatic rings. The summed E-state index contributed by atoms with van der Waals surface area (Å²) in [5, 5.41) is 9.22. The van der Waals surface area contributed by atoms with Gasteiger partial charge in [-0.05, 0) is 64.8 Å². The van der Waals surface area contributed by atoms with Gasteiger partial charge in [-0.15, -0.1) is 0 Å². The number of ether oxygens (including phenoxy) is 2. The summed E-state index contributed by atoms with van der Waals surface area (Å²) in [7, 11) is -3.71. The molecular formula is C18H20BrN3O4S. The number of nitrogens with one attached hydrogen (secondary N) is 1. The lowest BCUT2D eigenvalue weighted by atomic mass is 10.2. The number of primary sulfonamides is 1. The number of hydrogen-bond acceptors (Lipinski definition) is 6. The Morgan fingerprint density at radius 3 is 2.56 bits per heavy atom. The van der Waals surface area contributed by atoms with E-state index in [1.165, 1.54) is 12.1 Å². The van der Waals surface area contributed by atoms with Crippen LogP contribution in [0.1, 0.15) is 12.5 Å². The first-order chi connectivity index (χ1) is 12.8. The van der Waals surface area contributed by atoms with Gasteiger partial charge in [0.05, 0.1) is 27.9 Å². The smallest absolute Gasteiger partial charge is 0.238 e. The molecular weight excluding hydrogens is 434 g/mol. The van der Waals surface area contributed by atoms with Crippen LogP contribution in [0.4, 0.5) is 5.69 Å². The first-order valence-electron chi connectivity index (χ1n) is 7.97. The fourth-order valence-corrected chi connectivity index (χ4v) is 3.20. The molecule has 0 bridgehead atoms. The standard InChI is InChI=1S/C18H20BrN3O4S/c1-3-9-26-18-16(19)10-13(11-17(18)25-4-2)12-21-22-14-5-7-15(8-6-14)27(20,23)24/h3,5-8,10-12,22H,1,4,9H2,2H3,(H2,20,23,24). The second-order valence-electron chi connectivity index (χ2n) is 5.30. The van der Waals surface area contributed by atoms with Crippen molar-refractivity contribution < 1.29 is 17.9 Å². The average molecular weight is 454 g/mol. The lowest BCUT2D eigenvalue weighted by molar-refractivity contribution is 0.295. The van der Waals surface area contributed by atoms with E-state index < -0.39 is 10.0 Å². The minimum Gasteiger partial charge on any atom is -0.490 e. The summed E-state index contributed by atoms with van der Waals surface area (Å²) in [4.78, 5) is 0.0393. The number of nitrogens with zero attached hydrogens (tertiary/aromatic N) is 1. The molecule has 0 aliphatic heterocycles. The number of nitrogens with two attached hydrogens (primary N) is 1. The van der Waals surface area contributed by atoms with Gasteiger partial charge < -0.3 is 9.47 Å². The molecule has 0 heterocycles. The topological polar surface area (TPSA) is 103 Å². The van der Waals surface area contributed by atoms with Gasteiger partial charge in [0.25, 0.3) is 0 Å². The minimum atomic E-state index is -3.71. The third kappa shape index (κ3) is 6.09. The first-order valence-corrected chi connectivity index (χ1v) is 10.3. The van der Waals surface area contributed by atoms with Crippen LogP contribution in [-0.4, -0.2) is 27.8 Å². The van der Waals surface area contributed by atoms with Crippen molar-refractivity contribution in [3.05, 3.63) is 59.1 Å². The van der Waals surface area contributed by atoms with Crippen molar-refractivity contribution in [1.82, 2.24) is 0 Å². The quantitative estimate of drug-likeness (QED) is 0.343. The Hall–Kier alpha value is -2.36. The number of rotatable bonds is 9. The Balaban J connectivity index is 2.15. The zero-order valence-electron chi connectivity index (χ0n) is 14.7. The number of anilines is 1. The van der Waals surface area contributed by atoms with Crippen molar-refractivity contribution >= 4 is 37.9 Å². The van der Waals surface area contributed by atoms with E-state index in [0.717, 1.165) is 10.0 Å². The number of hydrogen-bond donors (Lipinski definition) is 2. The second-order valence-corrected chi connectivity index (χ2v) is 7.72. The van der Waals surface area contributed by atoms with Crippen LogP contribution in [0.25, 0.3) is 0 Å². The van der Waals surface area contributed by atoms with Gasteiger partial charge in [-0.2, -0.15) is 5.10 Å². The molecule has 9 heteroatoms. The largest absolute Gasteiger partial charge is 0.490 e. The van der Waals surface area contributed by atoms with Gasteiger partial charge in [0.15, 0.2) is 11.5 Å². The fourth-order valence-electron chi connectivity index (χ4n) is 2.11. The molecule has 0 aromatic heterocycles.